The molecule has 0 bridgehead atoms. The van der Waals surface area contributed by atoms with E-state index in [0.29, 0.717) is 17.8 Å². The number of nitrogens with one attached hydrogen (secondary N) is 1. The van der Waals surface area contributed by atoms with Gasteiger partial charge in [-0.05, 0) is 50.2 Å². The molecule has 1 aliphatic heterocycles. The third kappa shape index (κ3) is 4.21. The molecule has 2 fully saturated rings. The van der Waals surface area contributed by atoms with Gasteiger partial charge in [0.25, 0.3) is 5.91 Å². The van der Waals surface area contributed by atoms with Crippen molar-refractivity contribution in [2.45, 2.75) is 6.18 Å². The average molecular weight is 453 g/mol. The molecule has 1 aliphatic carbocycles. The lowest BCUT2D eigenvalue weighted by molar-refractivity contribution is -0.143. The summed E-state index contributed by atoms with van der Waals surface area (Å²) in [4.78, 5) is 28.5. The lowest BCUT2D eigenvalue weighted by atomic mass is 10.1. The molecular weight excluding hydrogens is 430 g/mol. The van der Waals surface area contributed by atoms with Crippen molar-refractivity contribution in [1.29, 1.82) is 0 Å². The van der Waals surface area contributed by atoms with E-state index in [0.717, 1.165) is 30.5 Å². The van der Waals surface area contributed by atoms with Gasteiger partial charge >= 0.3 is 6.18 Å². The molecule has 2 aliphatic rings. The third-order valence-corrected chi connectivity index (χ3v) is 5.98. The highest BCUT2D eigenvalue weighted by atomic mass is 19.4. The SMILES string of the molecule is CN(C)CCNC(=O)C1C2CN(C(=O)c3cnn(-c4ccc(F)cc4)c3C(F)(F)F)CC21. The average Bonchev–Trinajstić information content (AvgIpc) is 3.07. The fourth-order valence-electron chi connectivity index (χ4n) is 4.33. The quantitative estimate of drug-likeness (QED) is 0.680. The van der Waals surface area contributed by atoms with E-state index >= 15 is 0 Å². The van der Waals surface area contributed by atoms with E-state index in [4.69, 9.17) is 0 Å². The second kappa shape index (κ2) is 8.19. The highest BCUT2D eigenvalue weighted by Crippen LogP contribution is 2.52. The standard InChI is InChI=1S/C21H23F4N5O2/c1-28(2)8-7-26-19(31)17-15-10-29(11-16(15)17)20(32)14-9-27-30(18(14)21(23,24)25)13-5-3-12(22)4-6-13/h3-6,9,15-17H,7-8,10-11H2,1-2H3,(H,26,31). The maximum absolute atomic E-state index is 13.8. The Hall–Kier alpha value is -2.95. The number of hydrogen-bond acceptors (Lipinski definition) is 4. The van der Waals surface area contributed by atoms with E-state index in [1.54, 1.807) is 0 Å². The highest BCUT2D eigenvalue weighted by Gasteiger charge is 2.60. The first kappa shape index (κ1) is 22.3. The predicted molar refractivity (Wildman–Crippen MR) is 106 cm³/mol. The fourth-order valence-corrected chi connectivity index (χ4v) is 4.33. The van der Waals surface area contributed by atoms with E-state index in [1.165, 1.54) is 4.90 Å². The summed E-state index contributed by atoms with van der Waals surface area (Å²) in [6.45, 7) is 1.68. The van der Waals surface area contributed by atoms with Gasteiger partial charge in [-0.1, -0.05) is 0 Å². The molecule has 172 valence electrons. The van der Waals surface area contributed by atoms with Crippen LogP contribution in [0.2, 0.25) is 0 Å². The van der Waals surface area contributed by atoms with Gasteiger partial charge < -0.3 is 15.1 Å². The number of amides is 2. The first-order valence-electron chi connectivity index (χ1n) is 10.2. The zero-order valence-electron chi connectivity index (χ0n) is 17.6. The summed E-state index contributed by atoms with van der Waals surface area (Å²) >= 11 is 0. The van der Waals surface area contributed by atoms with Crippen molar-refractivity contribution in [3.05, 3.63) is 47.5 Å². The maximum Gasteiger partial charge on any atom is 0.434 e. The number of likely N-dealkylation sites (N-methyl/N-ethyl adjacent to an activating group) is 1. The monoisotopic (exact) mass is 453 g/mol. The molecule has 1 saturated heterocycles. The van der Waals surface area contributed by atoms with E-state index in [2.05, 4.69) is 10.4 Å². The molecule has 1 aromatic heterocycles. The normalized spacial score (nSPS) is 22.2. The molecule has 2 atom stereocenters. The molecule has 2 aromatic rings. The van der Waals surface area contributed by atoms with Crippen LogP contribution in [0.5, 0.6) is 0 Å². The van der Waals surface area contributed by atoms with E-state index < -0.39 is 29.2 Å². The van der Waals surface area contributed by atoms with Crippen LogP contribution in [0.1, 0.15) is 16.1 Å². The van der Waals surface area contributed by atoms with Gasteiger partial charge in [-0.15, -0.1) is 0 Å². The van der Waals surface area contributed by atoms with Crippen LogP contribution < -0.4 is 5.32 Å². The van der Waals surface area contributed by atoms with Gasteiger partial charge in [0.05, 0.1) is 17.4 Å². The third-order valence-electron chi connectivity index (χ3n) is 5.98. The fraction of sp³-hybridized carbons (Fsp3) is 0.476. The van der Waals surface area contributed by atoms with Crippen molar-refractivity contribution in [3.63, 3.8) is 0 Å². The Balaban J connectivity index is 1.46. The van der Waals surface area contributed by atoms with Gasteiger partial charge in [-0.2, -0.15) is 18.3 Å². The van der Waals surface area contributed by atoms with Crippen molar-refractivity contribution in [2.24, 2.45) is 17.8 Å². The molecule has 11 heteroatoms. The molecule has 0 radical (unpaired) electrons. The summed E-state index contributed by atoms with van der Waals surface area (Å²) in [5.41, 5.74) is -1.76. The lowest BCUT2D eigenvalue weighted by Gasteiger charge is -2.21. The number of rotatable bonds is 6. The Morgan fingerprint density at radius 3 is 2.34 bits per heavy atom. The van der Waals surface area contributed by atoms with Gasteiger partial charge in [0.15, 0.2) is 5.69 Å². The molecule has 1 N–H and O–H groups in total. The summed E-state index contributed by atoms with van der Waals surface area (Å²) in [7, 11) is 3.80. The molecule has 32 heavy (non-hydrogen) atoms. The number of likely N-dealkylation sites (tertiary alicyclic amines) is 1. The maximum atomic E-state index is 13.8. The molecule has 7 nitrogen and oxygen atoms in total. The molecule has 1 saturated carbocycles. The van der Waals surface area contributed by atoms with Gasteiger partial charge in [0.2, 0.25) is 5.91 Å². The van der Waals surface area contributed by atoms with Crippen molar-refractivity contribution < 1.29 is 27.2 Å². The molecule has 2 heterocycles. The number of fused-ring (bicyclic) bond motifs is 1. The van der Waals surface area contributed by atoms with Crippen LogP contribution in [-0.4, -0.2) is 71.7 Å². The van der Waals surface area contributed by atoms with Crippen LogP contribution in [0.15, 0.2) is 30.5 Å². The summed E-state index contributed by atoms with van der Waals surface area (Å²) in [6.07, 6.45) is -3.95. The zero-order valence-corrected chi connectivity index (χ0v) is 17.6. The Kier molecular flexibility index (Phi) is 5.70. The van der Waals surface area contributed by atoms with Crippen LogP contribution >= 0.6 is 0 Å². The molecule has 2 unspecified atom stereocenters. The van der Waals surface area contributed by atoms with Gasteiger partial charge in [0, 0.05) is 32.1 Å². The van der Waals surface area contributed by atoms with Crippen molar-refractivity contribution in [2.75, 3.05) is 40.3 Å². The Morgan fingerprint density at radius 2 is 1.78 bits per heavy atom. The number of hydrogen-bond donors (Lipinski definition) is 1. The zero-order chi connectivity index (χ0) is 23.2. The predicted octanol–water partition coefficient (Wildman–Crippen LogP) is 2.03. The number of halogens is 4. The Labute approximate surface area is 182 Å². The smallest absolute Gasteiger partial charge is 0.355 e. The van der Waals surface area contributed by atoms with Crippen LogP contribution in [0.3, 0.4) is 0 Å². The molecule has 1 aromatic carbocycles. The van der Waals surface area contributed by atoms with Crippen LogP contribution in [0.4, 0.5) is 17.6 Å². The van der Waals surface area contributed by atoms with Crippen LogP contribution in [0.25, 0.3) is 5.69 Å². The second-order valence-electron chi connectivity index (χ2n) is 8.45. The lowest BCUT2D eigenvalue weighted by Crippen LogP contribution is -2.37. The molecular formula is C21H23F4N5O2. The van der Waals surface area contributed by atoms with Crippen molar-refractivity contribution in [1.82, 2.24) is 24.9 Å². The van der Waals surface area contributed by atoms with Crippen LogP contribution in [0, 0.1) is 23.6 Å². The Morgan fingerprint density at radius 1 is 1.16 bits per heavy atom. The van der Waals surface area contributed by atoms with Crippen molar-refractivity contribution >= 4 is 11.8 Å². The summed E-state index contributed by atoms with van der Waals surface area (Å²) in [5.74, 6) is -1.73. The second-order valence-corrected chi connectivity index (χ2v) is 8.45. The Bertz CT molecular complexity index is 1010. The minimum Gasteiger partial charge on any atom is -0.355 e. The summed E-state index contributed by atoms with van der Waals surface area (Å²) < 4.78 is 55.2. The number of benzene rings is 1. The van der Waals surface area contributed by atoms with Gasteiger partial charge in [0.1, 0.15) is 5.82 Å². The number of carbonyl (C=O) groups excluding carboxylic acids is 2. The van der Waals surface area contributed by atoms with Crippen molar-refractivity contribution in [3.8, 4) is 5.69 Å². The van der Waals surface area contributed by atoms with Gasteiger partial charge in [-0.3, -0.25) is 9.59 Å². The first-order chi connectivity index (χ1) is 15.1. The summed E-state index contributed by atoms with van der Waals surface area (Å²) in [6, 6.07) is 4.37. The van der Waals surface area contributed by atoms with Gasteiger partial charge in [-0.25, -0.2) is 9.07 Å². The van der Waals surface area contributed by atoms with E-state index in [-0.39, 0.29) is 42.4 Å². The highest BCUT2D eigenvalue weighted by molar-refractivity contribution is 5.96. The minimum atomic E-state index is -4.84. The summed E-state index contributed by atoms with van der Waals surface area (Å²) in [5, 5.41) is 6.62. The van der Waals surface area contributed by atoms with E-state index in [1.807, 2.05) is 19.0 Å². The van der Waals surface area contributed by atoms with Crippen LogP contribution in [-0.2, 0) is 11.0 Å². The largest absolute Gasteiger partial charge is 0.434 e. The molecule has 4 rings (SSSR count). The minimum absolute atomic E-state index is 0.00324. The molecule has 0 spiro atoms. The number of piperidine rings is 1. The number of aromatic nitrogens is 2. The first-order valence-corrected chi connectivity index (χ1v) is 10.2. The number of nitrogens with zero attached hydrogens (tertiary/aromatic N) is 4. The number of alkyl halides is 3. The van der Waals surface area contributed by atoms with E-state index in [9.17, 15) is 27.2 Å². The number of carbonyl (C=O) groups is 2. The topological polar surface area (TPSA) is 70.5 Å². The molecule has 2 amide bonds.